The molecular formula is C12H16N4O2S. The number of aromatic nitrogens is 4. The van der Waals surface area contributed by atoms with E-state index in [0.29, 0.717) is 0 Å². The summed E-state index contributed by atoms with van der Waals surface area (Å²) in [6.45, 7) is 2.67. The maximum atomic E-state index is 10.6. The first-order valence-corrected chi connectivity index (χ1v) is 6.90. The number of rotatable bonds is 6. The first kappa shape index (κ1) is 13.7. The number of imidazole rings is 1. The predicted molar refractivity (Wildman–Crippen MR) is 72.2 cm³/mol. The number of nitrogens with zero attached hydrogens (tertiary/aromatic N) is 4. The Morgan fingerprint density at radius 1 is 1.53 bits per heavy atom. The number of aryl methyl sites for hydroxylation is 4. The average Bonchev–Trinajstić information content (AvgIpc) is 2.90. The Morgan fingerprint density at radius 3 is 2.95 bits per heavy atom. The minimum Gasteiger partial charge on any atom is -0.481 e. The summed E-state index contributed by atoms with van der Waals surface area (Å²) in [4.78, 5) is 15.0. The largest absolute Gasteiger partial charge is 0.481 e. The van der Waals surface area contributed by atoms with E-state index in [1.165, 1.54) is 11.8 Å². The van der Waals surface area contributed by atoms with Gasteiger partial charge >= 0.3 is 5.97 Å². The fourth-order valence-corrected chi connectivity index (χ4v) is 2.58. The Hall–Kier alpha value is -1.76. The summed E-state index contributed by atoms with van der Waals surface area (Å²) in [5.41, 5.74) is 2.04. The molecule has 2 aromatic heterocycles. The van der Waals surface area contributed by atoms with Gasteiger partial charge in [-0.2, -0.15) is 5.10 Å². The monoisotopic (exact) mass is 280 g/mol. The van der Waals surface area contributed by atoms with Crippen LogP contribution in [0.15, 0.2) is 23.6 Å². The Labute approximate surface area is 115 Å². The third kappa shape index (κ3) is 3.60. The van der Waals surface area contributed by atoms with Gasteiger partial charge in [0.05, 0.1) is 11.4 Å². The van der Waals surface area contributed by atoms with Crippen LogP contribution in [0.2, 0.25) is 0 Å². The minimum absolute atomic E-state index is 0.0299. The van der Waals surface area contributed by atoms with Crippen molar-refractivity contribution in [3.63, 3.8) is 0 Å². The minimum atomic E-state index is -0.830. The highest BCUT2D eigenvalue weighted by molar-refractivity contribution is 7.99. The topological polar surface area (TPSA) is 72.9 Å². The summed E-state index contributed by atoms with van der Waals surface area (Å²) < 4.78 is 3.84. The van der Waals surface area contributed by atoms with Crippen LogP contribution in [0.25, 0.3) is 0 Å². The van der Waals surface area contributed by atoms with Crippen LogP contribution < -0.4 is 0 Å². The summed E-state index contributed by atoms with van der Waals surface area (Å²) in [5.74, 6) is -0.800. The van der Waals surface area contributed by atoms with Gasteiger partial charge in [0, 0.05) is 38.1 Å². The van der Waals surface area contributed by atoms with Gasteiger partial charge in [-0.3, -0.25) is 9.48 Å². The molecule has 0 fully saturated rings. The summed E-state index contributed by atoms with van der Waals surface area (Å²) >= 11 is 1.25. The van der Waals surface area contributed by atoms with E-state index in [0.717, 1.165) is 29.5 Å². The fraction of sp³-hybridized carbons (Fsp3) is 0.417. The Morgan fingerprint density at radius 2 is 2.32 bits per heavy atom. The van der Waals surface area contributed by atoms with Crippen molar-refractivity contribution in [2.75, 3.05) is 5.75 Å². The van der Waals surface area contributed by atoms with Gasteiger partial charge < -0.3 is 9.67 Å². The second-order valence-electron chi connectivity index (χ2n) is 4.24. The molecule has 0 unspecified atom stereocenters. The number of carboxylic acids is 1. The molecule has 2 rings (SSSR count). The van der Waals surface area contributed by atoms with Crippen molar-refractivity contribution in [1.82, 2.24) is 19.3 Å². The number of thioether (sulfide) groups is 1. The van der Waals surface area contributed by atoms with Crippen LogP contribution >= 0.6 is 11.8 Å². The molecule has 7 heteroatoms. The van der Waals surface area contributed by atoms with Gasteiger partial charge in [-0.25, -0.2) is 4.98 Å². The van der Waals surface area contributed by atoms with Crippen molar-refractivity contribution in [3.8, 4) is 0 Å². The van der Waals surface area contributed by atoms with Crippen LogP contribution in [-0.2, 0) is 24.8 Å². The predicted octanol–water partition coefficient (Wildman–Crippen LogP) is 1.34. The second-order valence-corrected chi connectivity index (χ2v) is 5.18. The first-order chi connectivity index (χ1) is 9.06. The second kappa shape index (κ2) is 5.92. The molecule has 0 atom stereocenters. The number of hydrogen-bond acceptors (Lipinski definition) is 4. The molecule has 19 heavy (non-hydrogen) atoms. The van der Waals surface area contributed by atoms with Crippen molar-refractivity contribution in [1.29, 1.82) is 0 Å². The highest BCUT2D eigenvalue weighted by Gasteiger charge is 2.09. The van der Waals surface area contributed by atoms with Crippen LogP contribution in [0.5, 0.6) is 0 Å². The fourth-order valence-electron chi connectivity index (χ4n) is 1.81. The Kier molecular flexibility index (Phi) is 4.26. The lowest BCUT2D eigenvalue weighted by atomic mass is 10.3. The van der Waals surface area contributed by atoms with E-state index in [4.69, 9.17) is 5.11 Å². The summed E-state index contributed by atoms with van der Waals surface area (Å²) in [6, 6.07) is 1.98. The van der Waals surface area contributed by atoms with E-state index in [1.807, 2.05) is 35.5 Å². The summed E-state index contributed by atoms with van der Waals surface area (Å²) in [5, 5.41) is 13.6. The molecule has 0 aromatic carbocycles. The Balaban J connectivity index is 2.03. The summed E-state index contributed by atoms with van der Waals surface area (Å²) in [7, 11) is 1.91. The zero-order valence-corrected chi connectivity index (χ0v) is 11.7. The van der Waals surface area contributed by atoms with E-state index in [2.05, 4.69) is 10.1 Å². The van der Waals surface area contributed by atoms with Gasteiger partial charge in [0.2, 0.25) is 0 Å². The molecule has 102 valence electrons. The third-order valence-electron chi connectivity index (χ3n) is 2.72. The number of hydrogen-bond donors (Lipinski definition) is 1. The van der Waals surface area contributed by atoms with Crippen molar-refractivity contribution in [2.45, 2.75) is 25.0 Å². The van der Waals surface area contributed by atoms with Gasteiger partial charge in [0.1, 0.15) is 0 Å². The Bertz CT molecular complexity index is 576. The van der Waals surface area contributed by atoms with Crippen LogP contribution in [0, 0.1) is 6.92 Å². The molecule has 0 saturated heterocycles. The van der Waals surface area contributed by atoms with Gasteiger partial charge in [0.15, 0.2) is 5.16 Å². The summed E-state index contributed by atoms with van der Waals surface area (Å²) in [6.07, 6.45) is 4.56. The average molecular weight is 280 g/mol. The smallest absolute Gasteiger partial charge is 0.313 e. The number of carboxylic acid groups (broad SMARTS) is 1. The van der Waals surface area contributed by atoms with Gasteiger partial charge in [-0.1, -0.05) is 11.8 Å². The molecule has 0 aliphatic rings. The van der Waals surface area contributed by atoms with Crippen molar-refractivity contribution in [3.05, 3.63) is 29.8 Å². The van der Waals surface area contributed by atoms with Crippen LogP contribution in [0.3, 0.4) is 0 Å². The van der Waals surface area contributed by atoms with Gasteiger partial charge in [0.25, 0.3) is 0 Å². The quantitative estimate of drug-likeness (QED) is 0.808. The molecule has 0 amide bonds. The van der Waals surface area contributed by atoms with Crippen LogP contribution in [0.4, 0.5) is 0 Å². The normalized spacial score (nSPS) is 10.8. The van der Waals surface area contributed by atoms with Crippen molar-refractivity contribution >= 4 is 17.7 Å². The van der Waals surface area contributed by atoms with Crippen LogP contribution in [0.1, 0.15) is 11.4 Å². The zero-order chi connectivity index (χ0) is 13.8. The SMILES string of the molecule is Cc1cn(CCc2ccnn2C)c(SCC(=O)O)n1. The molecule has 0 radical (unpaired) electrons. The molecule has 0 aliphatic heterocycles. The van der Waals surface area contributed by atoms with E-state index in [-0.39, 0.29) is 5.75 Å². The van der Waals surface area contributed by atoms with Crippen LogP contribution in [-0.4, -0.2) is 36.2 Å². The maximum absolute atomic E-state index is 10.6. The highest BCUT2D eigenvalue weighted by Crippen LogP contribution is 2.18. The highest BCUT2D eigenvalue weighted by atomic mass is 32.2. The van der Waals surface area contributed by atoms with Gasteiger partial charge in [-0.05, 0) is 13.0 Å². The lowest BCUT2D eigenvalue weighted by Gasteiger charge is -2.06. The molecule has 0 aliphatic carbocycles. The molecule has 0 spiro atoms. The van der Waals surface area contributed by atoms with E-state index >= 15 is 0 Å². The van der Waals surface area contributed by atoms with E-state index in [1.54, 1.807) is 6.20 Å². The lowest BCUT2D eigenvalue weighted by molar-refractivity contribution is -0.133. The van der Waals surface area contributed by atoms with Gasteiger partial charge in [-0.15, -0.1) is 0 Å². The first-order valence-electron chi connectivity index (χ1n) is 5.91. The standard InChI is InChI=1S/C12H16N4O2S/c1-9-7-16(12(14-9)19-8-11(17)18)6-4-10-3-5-13-15(10)2/h3,5,7H,4,6,8H2,1-2H3,(H,17,18). The number of aliphatic carboxylic acids is 1. The molecule has 6 nitrogen and oxygen atoms in total. The van der Waals surface area contributed by atoms with E-state index in [9.17, 15) is 4.79 Å². The molecule has 1 N–H and O–H groups in total. The molecular weight excluding hydrogens is 264 g/mol. The lowest BCUT2D eigenvalue weighted by Crippen LogP contribution is -2.07. The molecule has 0 bridgehead atoms. The zero-order valence-electron chi connectivity index (χ0n) is 10.9. The third-order valence-corrected chi connectivity index (χ3v) is 3.69. The number of carbonyl (C=O) groups is 1. The van der Waals surface area contributed by atoms with E-state index < -0.39 is 5.97 Å². The molecule has 0 saturated carbocycles. The molecule has 2 heterocycles. The molecule has 2 aromatic rings. The van der Waals surface area contributed by atoms with Crippen molar-refractivity contribution in [2.24, 2.45) is 7.05 Å². The van der Waals surface area contributed by atoms with Crippen molar-refractivity contribution < 1.29 is 9.90 Å². The maximum Gasteiger partial charge on any atom is 0.313 e.